The maximum atomic E-state index is 9.69. The lowest BCUT2D eigenvalue weighted by atomic mass is 10.0. The topological polar surface area (TPSA) is 24.6 Å². The number of para-hydroxylation sites is 1. The molecule has 2 aromatic heterocycles. The third-order valence-electron chi connectivity index (χ3n) is 3.48. The number of nitrogens with zero attached hydrogens (tertiary/aromatic N) is 1. The summed E-state index contributed by atoms with van der Waals surface area (Å²) in [4.78, 5) is 0. The molecule has 86 valence electrons. The molecule has 4 aromatic rings. The summed E-state index contributed by atoms with van der Waals surface area (Å²) in [6.45, 7) is 0. The highest BCUT2D eigenvalue weighted by Crippen LogP contribution is 2.31. The molecule has 18 heavy (non-hydrogen) atoms. The third-order valence-corrected chi connectivity index (χ3v) is 3.48. The highest BCUT2D eigenvalue weighted by molar-refractivity contribution is 6.12. The molecule has 0 aliphatic heterocycles. The van der Waals surface area contributed by atoms with Crippen LogP contribution in [0.15, 0.2) is 60.8 Å². The molecule has 2 heterocycles. The van der Waals surface area contributed by atoms with Crippen LogP contribution in [0.1, 0.15) is 0 Å². The van der Waals surface area contributed by atoms with Crippen molar-refractivity contribution in [2.24, 2.45) is 0 Å². The zero-order valence-corrected chi connectivity index (χ0v) is 9.67. The van der Waals surface area contributed by atoms with Gasteiger partial charge in [0, 0.05) is 17.0 Å². The van der Waals surface area contributed by atoms with Crippen molar-refractivity contribution < 1.29 is 5.11 Å². The van der Waals surface area contributed by atoms with Gasteiger partial charge in [-0.2, -0.15) is 0 Å². The van der Waals surface area contributed by atoms with Crippen LogP contribution in [0.3, 0.4) is 0 Å². The summed E-state index contributed by atoms with van der Waals surface area (Å²) >= 11 is 0. The summed E-state index contributed by atoms with van der Waals surface area (Å²) in [5.41, 5.74) is 2.32. The Bertz CT molecular complexity index is 889. The van der Waals surface area contributed by atoms with Gasteiger partial charge in [-0.3, -0.25) is 0 Å². The molecular weight excluding hydrogens is 222 g/mol. The molecule has 0 saturated carbocycles. The van der Waals surface area contributed by atoms with Gasteiger partial charge in [-0.25, -0.2) is 0 Å². The van der Waals surface area contributed by atoms with Crippen molar-refractivity contribution in [3.63, 3.8) is 0 Å². The van der Waals surface area contributed by atoms with Crippen molar-refractivity contribution in [1.29, 1.82) is 0 Å². The van der Waals surface area contributed by atoms with Gasteiger partial charge in [-0.05, 0) is 41.8 Å². The number of benzene rings is 2. The summed E-state index contributed by atoms with van der Waals surface area (Å²) in [5, 5.41) is 13.2. The van der Waals surface area contributed by atoms with Crippen molar-refractivity contribution in [3.8, 4) is 5.75 Å². The second-order valence-corrected chi connectivity index (χ2v) is 4.51. The Hall–Kier alpha value is -2.48. The van der Waals surface area contributed by atoms with E-state index < -0.39 is 0 Å². The van der Waals surface area contributed by atoms with Gasteiger partial charge in [-0.15, -0.1) is 0 Å². The quantitative estimate of drug-likeness (QED) is 0.457. The van der Waals surface area contributed by atoms with Gasteiger partial charge in [0.1, 0.15) is 5.75 Å². The minimum absolute atomic E-state index is 0.306. The van der Waals surface area contributed by atoms with E-state index in [1.807, 2.05) is 30.3 Å². The highest BCUT2D eigenvalue weighted by atomic mass is 16.3. The van der Waals surface area contributed by atoms with E-state index in [0.717, 1.165) is 10.9 Å². The first-order chi connectivity index (χ1) is 8.84. The van der Waals surface area contributed by atoms with Crippen LogP contribution in [0.25, 0.3) is 27.2 Å². The molecule has 0 aliphatic carbocycles. The van der Waals surface area contributed by atoms with Crippen LogP contribution < -0.4 is 0 Å². The van der Waals surface area contributed by atoms with Crippen molar-refractivity contribution >= 4 is 27.2 Å². The maximum absolute atomic E-state index is 9.69. The Morgan fingerprint density at radius 2 is 1.50 bits per heavy atom. The van der Waals surface area contributed by atoms with Crippen LogP contribution in [0.4, 0.5) is 0 Å². The van der Waals surface area contributed by atoms with Crippen LogP contribution in [-0.2, 0) is 0 Å². The molecule has 0 fully saturated rings. The fourth-order valence-corrected chi connectivity index (χ4v) is 2.70. The zero-order valence-electron chi connectivity index (χ0n) is 9.67. The van der Waals surface area contributed by atoms with E-state index in [-0.39, 0.29) is 0 Å². The lowest BCUT2D eigenvalue weighted by Gasteiger charge is -2.09. The number of rotatable bonds is 0. The summed E-state index contributed by atoms with van der Waals surface area (Å²) in [6.07, 6.45) is 2.06. The molecule has 0 amide bonds. The average Bonchev–Trinajstić information content (AvgIpc) is 2.88. The van der Waals surface area contributed by atoms with Crippen LogP contribution >= 0.6 is 0 Å². The van der Waals surface area contributed by atoms with Crippen molar-refractivity contribution in [3.05, 3.63) is 60.8 Å². The third kappa shape index (κ3) is 1.12. The van der Waals surface area contributed by atoms with Gasteiger partial charge in [0.2, 0.25) is 0 Å². The predicted octanol–water partition coefficient (Wildman–Crippen LogP) is 3.95. The molecule has 2 nitrogen and oxygen atoms in total. The van der Waals surface area contributed by atoms with Gasteiger partial charge < -0.3 is 9.51 Å². The molecule has 0 radical (unpaired) electrons. The molecule has 1 N–H and O–H groups in total. The molecule has 0 aliphatic rings. The number of fused-ring (bicyclic) bond motifs is 6. The predicted molar refractivity (Wildman–Crippen MR) is 74.1 cm³/mol. The molecule has 0 unspecified atom stereocenters. The molecule has 0 saturated heterocycles. The Labute approximate surface area is 104 Å². The monoisotopic (exact) mass is 233 g/mol. The number of aromatic hydroxyl groups is 1. The number of phenolic OH excluding ortho intramolecular Hbond substituents is 1. The first-order valence-corrected chi connectivity index (χ1v) is 5.95. The number of hydrogen-bond acceptors (Lipinski definition) is 1. The van der Waals surface area contributed by atoms with E-state index in [1.165, 1.54) is 16.3 Å². The van der Waals surface area contributed by atoms with E-state index in [0.29, 0.717) is 5.75 Å². The molecule has 4 rings (SSSR count). The zero-order chi connectivity index (χ0) is 12.1. The van der Waals surface area contributed by atoms with Gasteiger partial charge in [0.05, 0.1) is 11.0 Å². The fourth-order valence-electron chi connectivity index (χ4n) is 2.70. The lowest BCUT2D eigenvalue weighted by Crippen LogP contribution is -1.88. The Morgan fingerprint density at radius 1 is 0.722 bits per heavy atom. The van der Waals surface area contributed by atoms with E-state index in [2.05, 4.69) is 28.8 Å². The van der Waals surface area contributed by atoms with Crippen molar-refractivity contribution in [1.82, 2.24) is 4.40 Å². The highest BCUT2D eigenvalue weighted by Gasteiger charge is 2.07. The fraction of sp³-hybridized carbons (Fsp3) is 0. The summed E-state index contributed by atoms with van der Waals surface area (Å²) < 4.78 is 2.16. The number of phenols is 1. The molecular formula is C16H11NO. The van der Waals surface area contributed by atoms with E-state index in [4.69, 9.17) is 0 Å². The first-order valence-electron chi connectivity index (χ1n) is 5.95. The lowest BCUT2D eigenvalue weighted by molar-refractivity contribution is 0.476. The largest absolute Gasteiger partial charge is 0.508 e. The van der Waals surface area contributed by atoms with E-state index in [9.17, 15) is 5.11 Å². The smallest absolute Gasteiger partial charge is 0.116 e. The summed E-state index contributed by atoms with van der Waals surface area (Å²) in [7, 11) is 0. The second kappa shape index (κ2) is 3.26. The minimum Gasteiger partial charge on any atom is -0.508 e. The number of aromatic nitrogens is 1. The van der Waals surface area contributed by atoms with Crippen LogP contribution in [0.5, 0.6) is 5.75 Å². The van der Waals surface area contributed by atoms with Gasteiger partial charge >= 0.3 is 0 Å². The average molecular weight is 233 g/mol. The van der Waals surface area contributed by atoms with Crippen molar-refractivity contribution in [2.75, 3.05) is 0 Å². The minimum atomic E-state index is 0.306. The SMILES string of the molecule is Oc1ccc2c3ccccc3n3cccc3c2c1. The normalized spacial score (nSPS) is 11.6. The molecule has 0 spiro atoms. The van der Waals surface area contributed by atoms with Crippen LogP contribution in [-0.4, -0.2) is 9.51 Å². The first kappa shape index (κ1) is 9.54. The summed E-state index contributed by atoms with van der Waals surface area (Å²) in [5.74, 6) is 0.306. The standard InChI is InChI=1S/C16H11NO/c18-11-7-8-12-13-4-1-2-5-15(13)17-9-3-6-16(17)14(12)10-11/h1-10,18H. The molecule has 2 aromatic carbocycles. The van der Waals surface area contributed by atoms with E-state index in [1.54, 1.807) is 6.07 Å². The van der Waals surface area contributed by atoms with Gasteiger partial charge in [0.15, 0.2) is 0 Å². The Kier molecular flexibility index (Phi) is 1.73. The Balaban J connectivity index is 2.44. The molecule has 0 bridgehead atoms. The van der Waals surface area contributed by atoms with Crippen LogP contribution in [0, 0.1) is 0 Å². The van der Waals surface area contributed by atoms with E-state index >= 15 is 0 Å². The maximum Gasteiger partial charge on any atom is 0.116 e. The molecule has 0 atom stereocenters. The number of pyridine rings is 1. The van der Waals surface area contributed by atoms with Gasteiger partial charge in [-0.1, -0.05) is 18.2 Å². The van der Waals surface area contributed by atoms with Crippen LogP contribution in [0.2, 0.25) is 0 Å². The molecule has 2 heteroatoms. The Morgan fingerprint density at radius 3 is 2.44 bits per heavy atom. The van der Waals surface area contributed by atoms with Gasteiger partial charge in [0.25, 0.3) is 0 Å². The van der Waals surface area contributed by atoms with Crippen molar-refractivity contribution in [2.45, 2.75) is 0 Å². The summed E-state index contributed by atoms with van der Waals surface area (Å²) in [6, 6.07) is 18.0. The second-order valence-electron chi connectivity index (χ2n) is 4.51. The number of hydrogen-bond donors (Lipinski definition) is 1.